The molecule has 2 aromatic rings. The first-order valence-corrected chi connectivity index (χ1v) is 9.53. The van der Waals surface area contributed by atoms with Crippen LogP contribution in [-0.2, 0) is 14.8 Å². The van der Waals surface area contributed by atoms with Gasteiger partial charge in [0, 0.05) is 26.1 Å². The maximum Gasteiger partial charge on any atom is 0.243 e. The Morgan fingerprint density at radius 2 is 2.00 bits per heavy atom. The topological polar surface area (TPSA) is 70.4 Å². The van der Waals surface area contributed by atoms with E-state index in [0.29, 0.717) is 13.2 Å². The predicted octanol–water partition coefficient (Wildman–Crippen LogP) is 2.92. The van der Waals surface area contributed by atoms with Crippen LogP contribution in [0.15, 0.2) is 47.4 Å². The smallest absolute Gasteiger partial charge is 0.243 e. The third kappa shape index (κ3) is 3.59. The molecule has 0 spiro atoms. The Balaban J connectivity index is 1.91. The van der Waals surface area contributed by atoms with Gasteiger partial charge in [0.15, 0.2) is 0 Å². The van der Waals surface area contributed by atoms with E-state index < -0.39 is 10.0 Å². The van der Waals surface area contributed by atoms with Crippen molar-refractivity contribution in [3.05, 3.63) is 42.5 Å². The average Bonchev–Trinajstić information content (AvgIpc) is 3.11. The van der Waals surface area contributed by atoms with E-state index in [-0.39, 0.29) is 24.0 Å². The van der Waals surface area contributed by atoms with Crippen LogP contribution in [0, 0.1) is 11.3 Å². The van der Waals surface area contributed by atoms with Crippen LogP contribution in [0.3, 0.4) is 0 Å². The van der Waals surface area contributed by atoms with Crippen LogP contribution in [0.5, 0.6) is 0 Å². The lowest BCUT2D eigenvalue weighted by Gasteiger charge is -2.24. The summed E-state index contributed by atoms with van der Waals surface area (Å²) in [6.45, 7) is 1.16. The minimum atomic E-state index is -3.65. The van der Waals surface area contributed by atoms with Crippen molar-refractivity contribution in [3.63, 3.8) is 0 Å². The lowest BCUT2D eigenvalue weighted by molar-refractivity contribution is 0.0941. The third-order valence-electron chi connectivity index (χ3n) is 4.26. The first-order chi connectivity index (χ1) is 11.6. The van der Waals surface area contributed by atoms with Crippen LogP contribution >= 0.6 is 0 Å². The molecular weight excluding hydrogens is 324 g/mol. The van der Waals surface area contributed by atoms with Crippen molar-refractivity contribution in [2.24, 2.45) is 0 Å². The number of fused-ring (bicyclic) bond motifs is 1. The molecule has 3 rings (SSSR count). The fourth-order valence-corrected chi connectivity index (χ4v) is 4.48. The summed E-state index contributed by atoms with van der Waals surface area (Å²) in [5.74, 6) is 0. The van der Waals surface area contributed by atoms with E-state index in [1.54, 1.807) is 12.1 Å². The molecule has 5 nitrogen and oxygen atoms in total. The Bertz CT molecular complexity index is 852. The molecular formula is C18H20N2O3S. The van der Waals surface area contributed by atoms with Crippen molar-refractivity contribution in [2.45, 2.75) is 30.3 Å². The number of hydrogen-bond donors (Lipinski definition) is 0. The van der Waals surface area contributed by atoms with Crippen LogP contribution in [0.4, 0.5) is 0 Å². The van der Waals surface area contributed by atoms with Gasteiger partial charge < -0.3 is 4.74 Å². The minimum absolute atomic E-state index is 0.0843. The molecule has 1 fully saturated rings. The van der Waals surface area contributed by atoms with Gasteiger partial charge in [-0.15, -0.1) is 0 Å². The molecule has 126 valence electrons. The summed E-state index contributed by atoms with van der Waals surface area (Å²) in [5.41, 5.74) is 0. The highest BCUT2D eigenvalue weighted by Gasteiger charge is 2.28. The van der Waals surface area contributed by atoms with Crippen molar-refractivity contribution in [3.8, 4) is 6.07 Å². The highest BCUT2D eigenvalue weighted by atomic mass is 32.2. The summed E-state index contributed by atoms with van der Waals surface area (Å²) in [6.07, 6.45) is 1.89. The molecule has 0 saturated carbocycles. The predicted molar refractivity (Wildman–Crippen MR) is 91.9 cm³/mol. The second kappa shape index (κ2) is 7.31. The van der Waals surface area contributed by atoms with E-state index in [1.165, 1.54) is 4.31 Å². The standard InChI is InChI=1S/C18H20N2O3S/c19-10-4-11-20(14-17-7-3-12-23-17)24(21,22)18-9-8-15-5-1-2-6-16(15)13-18/h1-2,5-6,8-9,13,17H,3-4,7,11-12,14H2. The first kappa shape index (κ1) is 16.9. The van der Waals surface area contributed by atoms with Crippen LogP contribution in [0.25, 0.3) is 10.8 Å². The Labute approximate surface area is 142 Å². The molecule has 0 amide bonds. The van der Waals surface area contributed by atoms with Gasteiger partial charge in [-0.2, -0.15) is 9.57 Å². The SMILES string of the molecule is N#CCCN(CC1CCCO1)S(=O)(=O)c1ccc2ccccc2c1. The molecule has 0 aliphatic carbocycles. The number of ether oxygens (including phenoxy) is 1. The van der Waals surface area contributed by atoms with Gasteiger partial charge in [-0.3, -0.25) is 0 Å². The number of nitrogens with zero attached hydrogens (tertiary/aromatic N) is 2. The van der Waals surface area contributed by atoms with E-state index >= 15 is 0 Å². The van der Waals surface area contributed by atoms with Crippen LogP contribution in [0.1, 0.15) is 19.3 Å². The van der Waals surface area contributed by atoms with Crippen molar-refractivity contribution < 1.29 is 13.2 Å². The third-order valence-corrected chi connectivity index (χ3v) is 6.12. The molecule has 0 bridgehead atoms. The molecule has 6 heteroatoms. The monoisotopic (exact) mass is 344 g/mol. The van der Waals surface area contributed by atoms with Crippen molar-refractivity contribution in [1.82, 2.24) is 4.31 Å². The normalized spacial score (nSPS) is 18.1. The van der Waals surface area contributed by atoms with E-state index in [1.807, 2.05) is 36.4 Å². The lowest BCUT2D eigenvalue weighted by Crippen LogP contribution is -2.38. The second-order valence-electron chi connectivity index (χ2n) is 5.92. The largest absolute Gasteiger partial charge is 0.377 e. The van der Waals surface area contributed by atoms with Crippen molar-refractivity contribution >= 4 is 20.8 Å². The zero-order valence-electron chi connectivity index (χ0n) is 13.4. The van der Waals surface area contributed by atoms with Crippen LogP contribution in [0.2, 0.25) is 0 Å². The summed E-state index contributed by atoms with van der Waals surface area (Å²) < 4.78 is 33.0. The maximum atomic E-state index is 13.0. The van der Waals surface area contributed by atoms with E-state index in [9.17, 15) is 8.42 Å². The molecule has 24 heavy (non-hydrogen) atoms. The van der Waals surface area contributed by atoms with Crippen LogP contribution in [-0.4, -0.2) is 38.5 Å². The zero-order valence-corrected chi connectivity index (χ0v) is 14.2. The van der Waals surface area contributed by atoms with Gasteiger partial charge in [0.2, 0.25) is 10.0 Å². The van der Waals surface area contributed by atoms with Crippen molar-refractivity contribution in [1.29, 1.82) is 5.26 Å². The summed E-state index contributed by atoms with van der Waals surface area (Å²) in [5, 5.41) is 10.7. The number of hydrogen-bond acceptors (Lipinski definition) is 4. The van der Waals surface area contributed by atoms with Gasteiger partial charge >= 0.3 is 0 Å². The zero-order chi connectivity index (χ0) is 17.0. The van der Waals surface area contributed by atoms with E-state index in [0.717, 1.165) is 23.6 Å². The molecule has 1 aliphatic rings. The van der Waals surface area contributed by atoms with Gasteiger partial charge in [-0.05, 0) is 35.7 Å². The summed E-state index contributed by atoms with van der Waals surface area (Å²) in [4.78, 5) is 0.261. The van der Waals surface area contributed by atoms with Gasteiger partial charge in [0.25, 0.3) is 0 Å². The molecule has 1 saturated heterocycles. The highest BCUT2D eigenvalue weighted by Crippen LogP contribution is 2.24. The summed E-state index contributed by atoms with van der Waals surface area (Å²) in [6, 6.07) is 14.8. The summed E-state index contributed by atoms with van der Waals surface area (Å²) >= 11 is 0. The maximum absolute atomic E-state index is 13.0. The van der Waals surface area contributed by atoms with Crippen LogP contribution < -0.4 is 0 Å². The molecule has 1 atom stereocenters. The quantitative estimate of drug-likeness (QED) is 0.808. The molecule has 1 heterocycles. The Kier molecular flexibility index (Phi) is 5.14. The average molecular weight is 344 g/mol. The molecule has 0 aromatic heterocycles. The minimum Gasteiger partial charge on any atom is -0.377 e. The summed E-state index contributed by atoms with van der Waals surface area (Å²) in [7, 11) is -3.65. The van der Waals surface area contributed by atoms with Crippen molar-refractivity contribution in [2.75, 3.05) is 19.7 Å². The number of rotatable bonds is 6. The van der Waals surface area contributed by atoms with Gasteiger partial charge in [-0.1, -0.05) is 30.3 Å². The van der Waals surface area contributed by atoms with Gasteiger partial charge in [-0.25, -0.2) is 8.42 Å². The Morgan fingerprint density at radius 1 is 1.21 bits per heavy atom. The number of sulfonamides is 1. The molecule has 0 N–H and O–H groups in total. The second-order valence-corrected chi connectivity index (χ2v) is 7.85. The molecule has 1 aliphatic heterocycles. The number of nitriles is 1. The highest BCUT2D eigenvalue weighted by molar-refractivity contribution is 7.89. The molecule has 2 aromatic carbocycles. The fourth-order valence-electron chi connectivity index (χ4n) is 2.98. The molecule has 0 radical (unpaired) electrons. The Morgan fingerprint density at radius 3 is 2.71 bits per heavy atom. The molecule has 1 unspecified atom stereocenters. The first-order valence-electron chi connectivity index (χ1n) is 8.09. The van der Waals surface area contributed by atoms with Gasteiger partial charge in [0.05, 0.1) is 17.1 Å². The Hall–Kier alpha value is -1.94. The van der Waals surface area contributed by atoms with E-state index in [2.05, 4.69) is 0 Å². The number of benzene rings is 2. The lowest BCUT2D eigenvalue weighted by atomic mass is 10.1. The fraction of sp³-hybridized carbons (Fsp3) is 0.389. The van der Waals surface area contributed by atoms with E-state index in [4.69, 9.17) is 10.00 Å². The van der Waals surface area contributed by atoms with Gasteiger partial charge in [0.1, 0.15) is 0 Å².